The maximum atomic E-state index is 10.4. The summed E-state index contributed by atoms with van der Waals surface area (Å²) >= 11 is 0. The van der Waals surface area contributed by atoms with Crippen molar-refractivity contribution in [3.63, 3.8) is 0 Å². The zero-order valence-electron chi connectivity index (χ0n) is 13.4. The minimum atomic E-state index is -5.68. The summed E-state index contributed by atoms with van der Waals surface area (Å²) < 4.78 is 28.3. The second-order valence-electron chi connectivity index (χ2n) is 4.00. The van der Waals surface area contributed by atoms with Gasteiger partial charge in [0.25, 0.3) is 0 Å². The Kier molecular flexibility index (Phi) is 25.7. The average Bonchev–Trinajstić information content (AvgIpc) is 2.25. The predicted octanol–water partition coefficient (Wildman–Crippen LogP) is -18.1. The van der Waals surface area contributed by atoms with Crippen LogP contribution in [0.3, 0.4) is 0 Å². The smallest absolute Gasteiger partial charge is 0.790 e. The van der Waals surface area contributed by atoms with Crippen molar-refractivity contribution in [1.82, 2.24) is 0 Å². The van der Waals surface area contributed by atoms with Crippen LogP contribution in [0.4, 0.5) is 0 Å². The molecule has 0 aliphatic heterocycles. The SMILES string of the molecule is O=P([O-])([O-])O[C@H]1[C@@H](O)[C@@H](O)[C@H](OP(=O)([O-])[O-])[C@@H](O)[C@@H]1O.[K+].[K+].[K+].[K+]. The van der Waals surface area contributed by atoms with Gasteiger partial charge in [0.2, 0.25) is 0 Å². The topological polar surface area (TPSA) is 226 Å². The van der Waals surface area contributed by atoms with Crippen LogP contribution in [0.25, 0.3) is 0 Å². The first-order valence-corrected chi connectivity index (χ1v) is 7.89. The van der Waals surface area contributed by atoms with Crippen molar-refractivity contribution in [2.24, 2.45) is 0 Å². The maximum Gasteiger partial charge on any atom is 1.00 e. The van der Waals surface area contributed by atoms with Crippen LogP contribution in [0.5, 0.6) is 0 Å². The maximum absolute atomic E-state index is 10.4. The van der Waals surface area contributed by atoms with Crippen molar-refractivity contribution in [2.75, 3.05) is 0 Å². The molecule has 12 nitrogen and oxygen atoms in total. The number of phosphoric ester groups is 2. The van der Waals surface area contributed by atoms with Gasteiger partial charge in [-0.2, -0.15) is 0 Å². The Hall–Kier alpha value is 6.61. The third kappa shape index (κ3) is 13.2. The van der Waals surface area contributed by atoms with Crippen LogP contribution in [0, 0.1) is 0 Å². The van der Waals surface area contributed by atoms with Crippen LogP contribution >= 0.6 is 15.6 Å². The zero-order chi connectivity index (χ0) is 15.9. The molecule has 4 N–H and O–H groups in total. The summed E-state index contributed by atoms with van der Waals surface area (Å²) in [6, 6.07) is 0. The molecule has 1 fully saturated rings. The van der Waals surface area contributed by atoms with Gasteiger partial charge in [-0.25, -0.2) is 0 Å². The van der Waals surface area contributed by atoms with Crippen molar-refractivity contribution >= 4 is 15.6 Å². The van der Waals surface area contributed by atoms with E-state index in [2.05, 4.69) is 9.05 Å². The van der Waals surface area contributed by atoms with E-state index in [9.17, 15) is 49.1 Å². The van der Waals surface area contributed by atoms with Gasteiger partial charge in [-0.1, -0.05) is 0 Å². The Bertz CT molecular complexity index is 387. The molecule has 6 atom stereocenters. The third-order valence-electron chi connectivity index (χ3n) is 2.55. The van der Waals surface area contributed by atoms with Crippen LogP contribution < -0.4 is 225 Å². The molecule has 24 heavy (non-hydrogen) atoms. The Labute approximate surface area is 307 Å². The normalized spacial score (nSPS) is 33.2. The fourth-order valence-corrected chi connectivity index (χ4v) is 2.82. The van der Waals surface area contributed by atoms with E-state index in [1.807, 2.05) is 0 Å². The van der Waals surface area contributed by atoms with Gasteiger partial charge >= 0.3 is 206 Å². The number of rotatable bonds is 4. The molecule has 18 heteroatoms. The van der Waals surface area contributed by atoms with Crippen molar-refractivity contribution in [2.45, 2.75) is 36.6 Å². The molecule has 1 aliphatic rings. The number of phosphoric acid groups is 2. The van der Waals surface area contributed by atoms with Crippen LogP contribution in [0.1, 0.15) is 0 Å². The van der Waals surface area contributed by atoms with E-state index in [0.717, 1.165) is 0 Å². The number of hydrogen-bond acceptors (Lipinski definition) is 12. The summed E-state index contributed by atoms with van der Waals surface area (Å²) in [6.07, 6.45) is -13.7. The van der Waals surface area contributed by atoms with Gasteiger partial charge in [0, 0.05) is 0 Å². The Morgan fingerprint density at radius 1 is 0.583 bits per heavy atom. The van der Waals surface area contributed by atoms with Gasteiger partial charge < -0.3 is 58.2 Å². The number of hydrogen-bond donors (Lipinski definition) is 4. The van der Waals surface area contributed by atoms with Crippen molar-refractivity contribution in [3.8, 4) is 0 Å². The second-order valence-corrected chi connectivity index (χ2v) is 6.21. The first kappa shape index (κ1) is 37.9. The van der Waals surface area contributed by atoms with Gasteiger partial charge in [0.05, 0.1) is 15.6 Å². The quantitative estimate of drug-likeness (QED) is 0.212. The summed E-state index contributed by atoms with van der Waals surface area (Å²) in [5.74, 6) is 0. The summed E-state index contributed by atoms with van der Waals surface area (Å²) in [5, 5.41) is 37.7. The monoisotopic (exact) mass is 492 g/mol. The van der Waals surface area contributed by atoms with Crippen molar-refractivity contribution < 1.29 is 264 Å². The molecule has 1 saturated carbocycles. The van der Waals surface area contributed by atoms with E-state index in [0.29, 0.717) is 0 Å². The van der Waals surface area contributed by atoms with Gasteiger partial charge in [-0.3, -0.25) is 0 Å². The summed E-state index contributed by atoms with van der Waals surface area (Å²) in [7, 11) is -11.4. The third-order valence-corrected chi connectivity index (χ3v) is 3.55. The molecule has 1 rings (SSSR count). The minimum Gasteiger partial charge on any atom is -0.790 e. The average molecular weight is 492 g/mol. The molecule has 0 aromatic rings. The molecule has 1 aliphatic carbocycles. The number of aliphatic hydroxyl groups excluding tert-OH is 4. The minimum absolute atomic E-state index is 0. The van der Waals surface area contributed by atoms with Gasteiger partial charge in [-0.05, 0) is 0 Å². The molecule has 0 amide bonds. The molecule has 0 radical (unpaired) electrons. The van der Waals surface area contributed by atoms with Crippen LogP contribution in [0.15, 0.2) is 0 Å². The predicted molar refractivity (Wildman–Crippen MR) is 49.0 cm³/mol. The molecule has 120 valence electrons. The van der Waals surface area contributed by atoms with Crippen molar-refractivity contribution in [1.29, 1.82) is 0 Å². The molecule has 0 saturated heterocycles. The molecule has 0 unspecified atom stereocenters. The van der Waals surface area contributed by atoms with Crippen LogP contribution in [-0.2, 0) is 18.2 Å². The van der Waals surface area contributed by atoms with E-state index in [1.165, 1.54) is 0 Å². The molecule has 0 heterocycles. The summed E-state index contributed by atoms with van der Waals surface area (Å²) in [4.78, 5) is 41.6. The molecular formula is C6H10K4O12P2. The fourth-order valence-electron chi connectivity index (χ4n) is 1.73. The van der Waals surface area contributed by atoms with Crippen molar-refractivity contribution in [3.05, 3.63) is 0 Å². The van der Waals surface area contributed by atoms with E-state index >= 15 is 0 Å². The summed E-state index contributed by atoms with van der Waals surface area (Å²) in [5.41, 5.74) is 0. The first-order chi connectivity index (χ1) is 8.83. The molecule has 0 aromatic heterocycles. The number of aliphatic hydroxyl groups is 4. The van der Waals surface area contributed by atoms with Crippen LogP contribution in [0.2, 0.25) is 0 Å². The first-order valence-electron chi connectivity index (χ1n) is 4.96. The summed E-state index contributed by atoms with van der Waals surface area (Å²) in [6.45, 7) is 0. The van der Waals surface area contributed by atoms with E-state index in [1.54, 1.807) is 0 Å². The Morgan fingerprint density at radius 2 is 0.750 bits per heavy atom. The van der Waals surface area contributed by atoms with E-state index in [-0.39, 0.29) is 206 Å². The Balaban J connectivity index is -0.000000500. The molecular weight excluding hydrogens is 482 g/mol. The van der Waals surface area contributed by atoms with E-state index < -0.39 is 52.3 Å². The second kappa shape index (κ2) is 16.3. The molecule has 0 aromatic carbocycles. The molecule has 0 bridgehead atoms. The largest absolute Gasteiger partial charge is 1.00 e. The van der Waals surface area contributed by atoms with Gasteiger partial charge in [0.1, 0.15) is 36.6 Å². The fraction of sp³-hybridized carbons (Fsp3) is 1.00. The van der Waals surface area contributed by atoms with E-state index in [4.69, 9.17) is 0 Å². The zero-order valence-corrected chi connectivity index (χ0v) is 27.7. The Morgan fingerprint density at radius 3 is 0.875 bits per heavy atom. The molecule has 0 spiro atoms. The standard InChI is InChI=1S/C6H14O12P2.4K/c7-1-2(8)6(18-20(14,15)16)4(10)3(9)5(1)17-19(11,12)13;;;;/h1-10H,(H2,11,12,13)(H2,14,15,16);;;;/q;4*+1/p-4/t1-,2-,3-,4+,5+,6+;;;;/m0..../s1. The van der Waals surface area contributed by atoms with Gasteiger partial charge in [-0.15, -0.1) is 0 Å². The van der Waals surface area contributed by atoms with Crippen LogP contribution in [-0.4, -0.2) is 57.0 Å². The van der Waals surface area contributed by atoms with Gasteiger partial charge in [0.15, 0.2) is 0 Å².